The molecular formula is C25H28FN3O3S. The van der Waals surface area contributed by atoms with Gasteiger partial charge < -0.3 is 5.32 Å². The summed E-state index contributed by atoms with van der Waals surface area (Å²) in [6.45, 7) is 0.260. The van der Waals surface area contributed by atoms with Gasteiger partial charge in [-0.1, -0.05) is 12.1 Å². The quantitative estimate of drug-likeness (QED) is 0.558. The molecule has 4 fully saturated rings. The average Bonchev–Trinajstić information content (AvgIpc) is 3.27. The highest BCUT2D eigenvalue weighted by Gasteiger charge is 2.54. The zero-order valence-electron chi connectivity index (χ0n) is 18.4. The van der Waals surface area contributed by atoms with Crippen LogP contribution in [0.25, 0.3) is 10.4 Å². The molecule has 6 rings (SSSR count). The molecule has 3 N–H and O–H groups in total. The number of carbonyl (C=O) groups is 3. The number of thiophene rings is 1. The van der Waals surface area contributed by atoms with Crippen LogP contribution in [0.1, 0.15) is 54.6 Å². The van der Waals surface area contributed by atoms with Gasteiger partial charge >= 0.3 is 0 Å². The van der Waals surface area contributed by atoms with Crippen LogP contribution in [0, 0.1) is 29.0 Å². The first-order valence-corrected chi connectivity index (χ1v) is 12.5. The summed E-state index contributed by atoms with van der Waals surface area (Å²) in [5, 5.41) is 2.98. The van der Waals surface area contributed by atoms with E-state index in [9.17, 15) is 18.8 Å². The van der Waals surface area contributed by atoms with Gasteiger partial charge in [0.1, 0.15) is 5.82 Å². The average molecular weight is 470 g/mol. The Labute approximate surface area is 196 Å². The van der Waals surface area contributed by atoms with Gasteiger partial charge in [-0.2, -0.15) is 0 Å². The molecule has 0 radical (unpaired) electrons. The molecule has 0 atom stereocenters. The molecule has 4 saturated carbocycles. The minimum Gasteiger partial charge on any atom is -0.355 e. The number of hydrogen-bond donors (Lipinski definition) is 3. The monoisotopic (exact) mass is 469 g/mol. The van der Waals surface area contributed by atoms with E-state index in [1.165, 1.54) is 42.7 Å². The lowest BCUT2D eigenvalue weighted by Crippen LogP contribution is -2.54. The number of amides is 3. The highest BCUT2D eigenvalue weighted by atomic mass is 32.1. The number of carbonyl (C=O) groups excluding carboxylic acids is 3. The van der Waals surface area contributed by atoms with Crippen molar-refractivity contribution in [1.29, 1.82) is 0 Å². The van der Waals surface area contributed by atoms with Crippen LogP contribution in [-0.4, -0.2) is 24.3 Å². The van der Waals surface area contributed by atoms with Gasteiger partial charge in [-0.25, -0.2) is 4.39 Å². The highest BCUT2D eigenvalue weighted by Crippen LogP contribution is 2.60. The van der Waals surface area contributed by atoms with Gasteiger partial charge in [-0.3, -0.25) is 25.2 Å². The maximum Gasteiger partial charge on any atom is 0.279 e. The number of benzene rings is 1. The van der Waals surface area contributed by atoms with E-state index in [0.717, 1.165) is 29.7 Å². The van der Waals surface area contributed by atoms with E-state index < -0.39 is 5.91 Å². The van der Waals surface area contributed by atoms with Gasteiger partial charge in [-0.05, 0) is 86.1 Å². The van der Waals surface area contributed by atoms with Crippen molar-refractivity contribution in [3.8, 4) is 10.4 Å². The Bertz CT molecular complexity index is 1030. The number of hydrazine groups is 1. The van der Waals surface area contributed by atoms with Crippen molar-refractivity contribution in [3.63, 3.8) is 0 Å². The summed E-state index contributed by atoms with van der Waals surface area (Å²) < 4.78 is 13.1. The molecule has 1 heterocycles. The summed E-state index contributed by atoms with van der Waals surface area (Å²) in [7, 11) is 0. The Morgan fingerprint density at radius 2 is 1.55 bits per heavy atom. The van der Waals surface area contributed by atoms with E-state index in [1.54, 1.807) is 24.3 Å². The molecule has 33 heavy (non-hydrogen) atoms. The highest BCUT2D eigenvalue weighted by molar-refractivity contribution is 7.17. The molecule has 3 amide bonds. The first-order valence-electron chi connectivity index (χ1n) is 11.6. The fourth-order valence-corrected chi connectivity index (χ4v) is 7.25. The van der Waals surface area contributed by atoms with Crippen molar-refractivity contribution >= 4 is 29.1 Å². The van der Waals surface area contributed by atoms with E-state index in [4.69, 9.17) is 0 Å². The van der Waals surface area contributed by atoms with Crippen LogP contribution in [0.15, 0.2) is 36.4 Å². The summed E-state index contributed by atoms with van der Waals surface area (Å²) in [5.74, 6) is 1.10. The Hall–Kier alpha value is -2.74. The van der Waals surface area contributed by atoms with Gasteiger partial charge in [0.05, 0.1) is 4.88 Å². The van der Waals surface area contributed by atoms with Crippen LogP contribution in [-0.2, 0) is 9.59 Å². The van der Waals surface area contributed by atoms with Gasteiger partial charge in [0.25, 0.3) is 5.91 Å². The molecule has 4 aliphatic carbocycles. The van der Waals surface area contributed by atoms with E-state index in [-0.39, 0.29) is 36.0 Å². The number of rotatable bonds is 6. The molecule has 0 aliphatic heterocycles. The van der Waals surface area contributed by atoms with Crippen molar-refractivity contribution in [2.24, 2.45) is 23.2 Å². The second-order valence-corrected chi connectivity index (χ2v) is 11.0. The van der Waals surface area contributed by atoms with Crippen LogP contribution >= 0.6 is 11.3 Å². The first-order chi connectivity index (χ1) is 15.9. The minimum atomic E-state index is -0.417. The van der Waals surface area contributed by atoms with Gasteiger partial charge in [-0.15, -0.1) is 11.3 Å². The predicted molar refractivity (Wildman–Crippen MR) is 124 cm³/mol. The molecule has 4 aliphatic rings. The van der Waals surface area contributed by atoms with Crippen molar-refractivity contribution in [3.05, 3.63) is 47.1 Å². The lowest BCUT2D eigenvalue weighted by molar-refractivity contribution is -0.146. The summed E-state index contributed by atoms with van der Waals surface area (Å²) in [6.07, 6.45) is 6.93. The van der Waals surface area contributed by atoms with Crippen LogP contribution in [0.2, 0.25) is 0 Å². The van der Waals surface area contributed by atoms with E-state index in [0.29, 0.717) is 22.6 Å². The topological polar surface area (TPSA) is 87.3 Å². The summed E-state index contributed by atoms with van der Waals surface area (Å²) >= 11 is 1.26. The fraction of sp³-hybridized carbons (Fsp3) is 0.480. The molecule has 1 aromatic carbocycles. The van der Waals surface area contributed by atoms with E-state index in [2.05, 4.69) is 16.2 Å². The standard InChI is InChI=1S/C25H28FN3O3S/c26-19-3-1-18(2-4-19)20-5-6-21(33-20)23(31)29-28-22(30)7-8-27-24(32)25-12-15-9-16(13-25)11-17(10-15)14-25/h1-6,15-17H,7-14H2,(H,27,32)(H,28,30)(H,29,31). The van der Waals surface area contributed by atoms with Gasteiger partial charge in [0.15, 0.2) is 0 Å². The summed E-state index contributed by atoms with van der Waals surface area (Å²) in [5.41, 5.74) is 5.43. The number of hydrogen-bond acceptors (Lipinski definition) is 4. The van der Waals surface area contributed by atoms with Gasteiger partial charge in [0, 0.05) is 23.3 Å². The van der Waals surface area contributed by atoms with E-state index >= 15 is 0 Å². The predicted octanol–water partition coefficient (Wildman–Crippen LogP) is 4.04. The second-order valence-electron chi connectivity index (χ2n) is 9.88. The Kier molecular flexibility index (Phi) is 5.95. The van der Waals surface area contributed by atoms with Crippen LogP contribution < -0.4 is 16.2 Å². The molecule has 0 spiro atoms. The molecule has 0 saturated heterocycles. The lowest BCUT2D eigenvalue weighted by Gasteiger charge is -2.55. The molecule has 1 aromatic heterocycles. The molecular weight excluding hydrogens is 441 g/mol. The van der Waals surface area contributed by atoms with E-state index in [1.807, 2.05) is 0 Å². The van der Waals surface area contributed by atoms with Crippen LogP contribution in [0.5, 0.6) is 0 Å². The zero-order chi connectivity index (χ0) is 23.0. The smallest absolute Gasteiger partial charge is 0.279 e. The van der Waals surface area contributed by atoms with Gasteiger partial charge in [0.2, 0.25) is 11.8 Å². The Morgan fingerprint density at radius 1 is 0.909 bits per heavy atom. The molecule has 0 unspecified atom stereocenters. The van der Waals surface area contributed by atoms with Crippen LogP contribution in [0.3, 0.4) is 0 Å². The Morgan fingerprint density at radius 3 is 2.18 bits per heavy atom. The molecule has 174 valence electrons. The lowest BCUT2D eigenvalue weighted by atomic mass is 9.49. The molecule has 4 bridgehead atoms. The second kappa shape index (κ2) is 8.89. The van der Waals surface area contributed by atoms with Crippen molar-refractivity contribution in [2.75, 3.05) is 6.54 Å². The molecule has 6 nitrogen and oxygen atoms in total. The normalized spacial score (nSPS) is 27.2. The summed E-state index contributed by atoms with van der Waals surface area (Å²) in [4.78, 5) is 38.7. The maximum absolute atomic E-state index is 13.1. The number of nitrogens with one attached hydrogen (secondary N) is 3. The summed E-state index contributed by atoms with van der Waals surface area (Å²) in [6, 6.07) is 9.50. The third-order valence-corrected chi connectivity index (χ3v) is 8.56. The van der Waals surface area contributed by atoms with Crippen molar-refractivity contribution in [2.45, 2.75) is 44.9 Å². The molecule has 8 heteroatoms. The maximum atomic E-state index is 13.1. The third-order valence-electron chi connectivity index (χ3n) is 7.43. The van der Waals surface area contributed by atoms with Crippen molar-refractivity contribution < 1.29 is 18.8 Å². The number of halogens is 1. The Balaban J connectivity index is 1.06. The van der Waals surface area contributed by atoms with Crippen molar-refractivity contribution in [1.82, 2.24) is 16.2 Å². The minimum absolute atomic E-state index is 0.101. The fourth-order valence-electron chi connectivity index (χ4n) is 6.35. The third kappa shape index (κ3) is 4.67. The first kappa shape index (κ1) is 22.1. The molecule has 2 aromatic rings. The SMILES string of the molecule is O=C(CCNC(=O)C12CC3CC(CC(C3)C1)C2)NNC(=O)c1ccc(-c2ccc(F)cc2)s1. The zero-order valence-corrected chi connectivity index (χ0v) is 19.2. The van der Waals surface area contributed by atoms with Crippen LogP contribution in [0.4, 0.5) is 4.39 Å². The largest absolute Gasteiger partial charge is 0.355 e.